The van der Waals surface area contributed by atoms with Gasteiger partial charge in [-0.1, -0.05) is 19.8 Å². The Bertz CT molecular complexity index is 253. The first kappa shape index (κ1) is 12.1. The normalized spacial score (nSPS) is 25.6. The molecular formula is C14H25NO. The molecule has 1 saturated heterocycles. The van der Waals surface area contributed by atoms with Gasteiger partial charge in [0, 0.05) is 6.42 Å². The molecule has 92 valence electrons. The lowest BCUT2D eigenvalue weighted by atomic mass is 9.88. The Morgan fingerprint density at radius 1 is 1.31 bits per heavy atom. The first-order valence-electron chi connectivity index (χ1n) is 6.95. The lowest BCUT2D eigenvalue weighted by molar-refractivity contribution is -0.130. The van der Waals surface area contributed by atoms with Crippen molar-refractivity contribution in [2.75, 3.05) is 13.1 Å². The molecule has 1 atom stereocenters. The zero-order chi connectivity index (χ0) is 11.6. The van der Waals surface area contributed by atoms with Crippen LogP contribution in [-0.2, 0) is 4.79 Å². The number of likely N-dealkylation sites (tertiary alicyclic amines) is 1. The average molecular weight is 223 g/mol. The Kier molecular flexibility index (Phi) is 3.68. The third-order valence-corrected chi connectivity index (χ3v) is 4.57. The minimum absolute atomic E-state index is 0.161. The Labute approximate surface area is 99.4 Å². The lowest BCUT2D eigenvalue weighted by Gasteiger charge is -2.36. The van der Waals surface area contributed by atoms with Crippen LogP contribution in [-0.4, -0.2) is 29.3 Å². The number of Topliss-reactive ketones (excluding diaryl/α,β-unsaturated/α-hetero) is 1. The van der Waals surface area contributed by atoms with Crippen LogP contribution in [0.25, 0.3) is 0 Å². The largest absolute Gasteiger partial charge is 0.298 e. The molecule has 0 aromatic heterocycles. The molecule has 1 unspecified atom stereocenters. The summed E-state index contributed by atoms with van der Waals surface area (Å²) in [7, 11) is 0. The van der Waals surface area contributed by atoms with Crippen molar-refractivity contribution in [2.45, 2.75) is 64.3 Å². The Morgan fingerprint density at radius 3 is 2.44 bits per heavy atom. The van der Waals surface area contributed by atoms with Crippen molar-refractivity contribution in [2.24, 2.45) is 5.92 Å². The second kappa shape index (κ2) is 4.87. The average Bonchev–Trinajstić information content (AvgIpc) is 2.96. The van der Waals surface area contributed by atoms with Crippen LogP contribution in [0.2, 0.25) is 0 Å². The van der Waals surface area contributed by atoms with Crippen LogP contribution in [0.1, 0.15) is 58.8 Å². The van der Waals surface area contributed by atoms with Gasteiger partial charge in [0.25, 0.3) is 0 Å². The van der Waals surface area contributed by atoms with Crippen LogP contribution in [0.15, 0.2) is 0 Å². The molecule has 1 heterocycles. The van der Waals surface area contributed by atoms with Crippen LogP contribution in [0.5, 0.6) is 0 Å². The minimum Gasteiger partial charge on any atom is -0.298 e. The predicted molar refractivity (Wildman–Crippen MR) is 66.5 cm³/mol. The zero-order valence-electron chi connectivity index (χ0n) is 10.8. The molecule has 1 saturated carbocycles. The Morgan fingerprint density at radius 2 is 1.94 bits per heavy atom. The van der Waals surface area contributed by atoms with Crippen molar-refractivity contribution >= 4 is 5.78 Å². The summed E-state index contributed by atoms with van der Waals surface area (Å²) >= 11 is 0. The summed E-state index contributed by atoms with van der Waals surface area (Å²) in [6, 6.07) is 0. The predicted octanol–water partition coefficient (Wildman–Crippen LogP) is 3.01. The first-order chi connectivity index (χ1) is 7.66. The van der Waals surface area contributed by atoms with Crippen LogP contribution < -0.4 is 0 Å². The van der Waals surface area contributed by atoms with E-state index in [0.29, 0.717) is 5.78 Å². The molecule has 2 nitrogen and oxygen atoms in total. The highest BCUT2D eigenvalue weighted by atomic mass is 16.1. The number of rotatable bonds is 6. The van der Waals surface area contributed by atoms with Gasteiger partial charge in [-0.15, -0.1) is 0 Å². The van der Waals surface area contributed by atoms with Crippen molar-refractivity contribution in [1.29, 1.82) is 0 Å². The van der Waals surface area contributed by atoms with Crippen LogP contribution in [0.3, 0.4) is 0 Å². The number of hydrogen-bond donors (Lipinski definition) is 0. The van der Waals surface area contributed by atoms with Crippen molar-refractivity contribution in [3.05, 3.63) is 0 Å². The van der Waals surface area contributed by atoms with Crippen molar-refractivity contribution < 1.29 is 4.79 Å². The molecule has 0 amide bonds. The van der Waals surface area contributed by atoms with E-state index in [4.69, 9.17) is 0 Å². The van der Waals surface area contributed by atoms with Gasteiger partial charge >= 0.3 is 0 Å². The third-order valence-electron chi connectivity index (χ3n) is 4.57. The van der Waals surface area contributed by atoms with Gasteiger partial charge in [-0.05, 0) is 51.6 Å². The van der Waals surface area contributed by atoms with Gasteiger partial charge in [0.05, 0.1) is 5.54 Å². The van der Waals surface area contributed by atoms with Crippen LogP contribution >= 0.6 is 0 Å². The maximum absolute atomic E-state index is 12.4. The zero-order valence-corrected chi connectivity index (χ0v) is 10.8. The van der Waals surface area contributed by atoms with E-state index in [0.717, 1.165) is 38.3 Å². The van der Waals surface area contributed by atoms with Gasteiger partial charge in [0.1, 0.15) is 0 Å². The fourth-order valence-corrected chi connectivity index (χ4v) is 2.82. The molecule has 2 fully saturated rings. The van der Waals surface area contributed by atoms with E-state index in [1.807, 2.05) is 0 Å². The summed E-state index contributed by atoms with van der Waals surface area (Å²) in [5.41, 5.74) is -0.161. The summed E-state index contributed by atoms with van der Waals surface area (Å²) < 4.78 is 0. The van der Waals surface area contributed by atoms with Gasteiger partial charge in [-0.25, -0.2) is 0 Å². The fourth-order valence-electron chi connectivity index (χ4n) is 2.82. The third kappa shape index (κ3) is 2.48. The molecule has 0 aromatic rings. The highest BCUT2D eigenvalue weighted by Crippen LogP contribution is 2.35. The van der Waals surface area contributed by atoms with Gasteiger partial charge in [-0.3, -0.25) is 9.69 Å². The maximum atomic E-state index is 12.4. The second-order valence-corrected chi connectivity index (χ2v) is 5.73. The van der Waals surface area contributed by atoms with Gasteiger partial charge in [0.15, 0.2) is 5.78 Å². The summed E-state index contributed by atoms with van der Waals surface area (Å²) in [6.45, 7) is 6.57. The molecule has 2 aliphatic rings. The molecule has 16 heavy (non-hydrogen) atoms. The van der Waals surface area contributed by atoms with Crippen molar-refractivity contribution in [3.63, 3.8) is 0 Å². The molecule has 1 aliphatic heterocycles. The molecule has 0 spiro atoms. The van der Waals surface area contributed by atoms with E-state index in [9.17, 15) is 4.79 Å². The molecule has 2 heteroatoms. The molecular weight excluding hydrogens is 198 g/mol. The maximum Gasteiger partial charge on any atom is 0.152 e. The molecule has 1 aliphatic carbocycles. The topological polar surface area (TPSA) is 20.3 Å². The standard InChI is InChI=1S/C14H25NO/c1-3-14(2,15-10-4-5-11-15)13(16)9-8-12-6-7-12/h12H,3-11H2,1-2H3. The smallest absolute Gasteiger partial charge is 0.152 e. The van der Waals surface area contributed by atoms with Crippen LogP contribution in [0, 0.1) is 5.92 Å². The summed E-state index contributed by atoms with van der Waals surface area (Å²) in [5, 5.41) is 0. The van der Waals surface area contributed by atoms with Crippen LogP contribution in [0.4, 0.5) is 0 Å². The number of carbonyl (C=O) groups is 1. The van der Waals surface area contributed by atoms with E-state index >= 15 is 0 Å². The fraction of sp³-hybridized carbons (Fsp3) is 0.929. The number of carbonyl (C=O) groups excluding carboxylic acids is 1. The lowest BCUT2D eigenvalue weighted by Crippen LogP contribution is -2.50. The summed E-state index contributed by atoms with van der Waals surface area (Å²) in [5.74, 6) is 1.37. The monoisotopic (exact) mass is 223 g/mol. The Hall–Kier alpha value is -0.370. The van der Waals surface area contributed by atoms with E-state index in [1.54, 1.807) is 0 Å². The first-order valence-corrected chi connectivity index (χ1v) is 6.95. The van der Waals surface area contributed by atoms with E-state index in [-0.39, 0.29) is 5.54 Å². The molecule has 0 bridgehead atoms. The van der Waals surface area contributed by atoms with Gasteiger partial charge < -0.3 is 0 Å². The molecule has 0 aromatic carbocycles. The van der Waals surface area contributed by atoms with Gasteiger partial charge in [0.2, 0.25) is 0 Å². The van der Waals surface area contributed by atoms with E-state index in [1.165, 1.54) is 25.7 Å². The Balaban J connectivity index is 1.91. The van der Waals surface area contributed by atoms with E-state index in [2.05, 4.69) is 18.7 Å². The van der Waals surface area contributed by atoms with Crippen molar-refractivity contribution in [1.82, 2.24) is 4.90 Å². The van der Waals surface area contributed by atoms with Crippen molar-refractivity contribution in [3.8, 4) is 0 Å². The van der Waals surface area contributed by atoms with E-state index < -0.39 is 0 Å². The molecule has 2 rings (SSSR count). The molecule has 0 radical (unpaired) electrons. The summed E-state index contributed by atoms with van der Waals surface area (Å²) in [4.78, 5) is 14.8. The van der Waals surface area contributed by atoms with Gasteiger partial charge in [-0.2, -0.15) is 0 Å². The number of hydrogen-bond acceptors (Lipinski definition) is 2. The quantitative estimate of drug-likeness (QED) is 0.690. The minimum atomic E-state index is -0.161. The highest BCUT2D eigenvalue weighted by Gasteiger charge is 2.38. The molecule has 0 N–H and O–H groups in total. The summed E-state index contributed by atoms with van der Waals surface area (Å²) in [6.07, 6.45) is 8.18. The number of ketones is 1. The second-order valence-electron chi connectivity index (χ2n) is 5.73. The number of nitrogens with zero attached hydrogens (tertiary/aromatic N) is 1. The highest BCUT2D eigenvalue weighted by molar-refractivity contribution is 5.88. The SMILES string of the molecule is CCC(C)(C(=O)CCC1CC1)N1CCCC1.